The fraction of sp³-hybridized carbons (Fsp3) is 0.407. The SMILES string of the molecule is COCCN1C[C@@H](NC(=O)Nc2c(Cl)c(OCC(C)(C)O)nn2-c2ccccc2)[C@H](c2cc(F)cc(F)c2)C1. The zero-order valence-electron chi connectivity index (χ0n) is 22.0. The van der Waals surface area contributed by atoms with Gasteiger partial charge < -0.3 is 19.9 Å². The lowest BCUT2D eigenvalue weighted by Gasteiger charge is -2.21. The van der Waals surface area contributed by atoms with Crippen molar-refractivity contribution in [3.63, 3.8) is 0 Å². The van der Waals surface area contributed by atoms with Crippen molar-refractivity contribution in [1.82, 2.24) is 20.0 Å². The summed E-state index contributed by atoms with van der Waals surface area (Å²) in [5.41, 5.74) is -0.0622. The molecule has 0 unspecified atom stereocenters. The topological polar surface area (TPSA) is 101 Å². The molecule has 0 bridgehead atoms. The van der Waals surface area contributed by atoms with Crippen LogP contribution in [0.3, 0.4) is 0 Å². The Morgan fingerprint density at radius 2 is 1.87 bits per heavy atom. The van der Waals surface area contributed by atoms with Crippen LogP contribution < -0.4 is 15.4 Å². The van der Waals surface area contributed by atoms with Gasteiger partial charge in [0.2, 0.25) is 0 Å². The van der Waals surface area contributed by atoms with Gasteiger partial charge in [0.05, 0.1) is 23.9 Å². The van der Waals surface area contributed by atoms with Gasteiger partial charge in [-0.15, -0.1) is 5.10 Å². The first kappa shape index (κ1) is 28.8. The molecule has 1 aliphatic heterocycles. The van der Waals surface area contributed by atoms with Crippen LogP contribution in [0.25, 0.3) is 5.69 Å². The molecule has 1 saturated heterocycles. The van der Waals surface area contributed by atoms with E-state index in [0.29, 0.717) is 37.5 Å². The first-order valence-corrected chi connectivity index (χ1v) is 12.9. The Bertz CT molecular complexity index is 1260. The number of urea groups is 1. The van der Waals surface area contributed by atoms with Crippen LogP contribution >= 0.6 is 11.6 Å². The van der Waals surface area contributed by atoms with E-state index in [0.717, 1.165) is 6.07 Å². The van der Waals surface area contributed by atoms with Crippen molar-refractivity contribution in [3.8, 4) is 11.6 Å². The second kappa shape index (κ2) is 12.3. The van der Waals surface area contributed by atoms with Crippen LogP contribution in [0.5, 0.6) is 5.88 Å². The van der Waals surface area contributed by atoms with Gasteiger partial charge in [0.1, 0.15) is 23.3 Å². The first-order valence-electron chi connectivity index (χ1n) is 12.5. The smallest absolute Gasteiger partial charge is 0.320 e. The van der Waals surface area contributed by atoms with E-state index in [-0.39, 0.29) is 29.2 Å². The number of hydrogen-bond acceptors (Lipinski definition) is 6. The highest BCUT2D eigenvalue weighted by Crippen LogP contribution is 2.35. The molecule has 9 nitrogen and oxygen atoms in total. The fourth-order valence-electron chi connectivity index (χ4n) is 4.45. The monoisotopic (exact) mass is 563 g/mol. The summed E-state index contributed by atoms with van der Waals surface area (Å²) in [5.74, 6) is -1.52. The molecule has 210 valence electrons. The molecule has 4 rings (SSSR count). The average Bonchev–Trinajstić information content (AvgIpc) is 3.41. The largest absolute Gasteiger partial charge is 0.472 e. The molecule has 2 heterocycles. The Hall–Kier alpha value is -3.25. The Balaban J connectivity index is 1.58. The third-order valence-corrected chi connectivity index (χ3v) is 6.57. The number of carbonyl (C=O) groups excluding carboxylic acids is 1. The van der Waals surface area contributed by atoms with E-state index in [1.165, 1.54) is 16.8 Å². The molecular formula is C27H32ClF2N5O4. The van der Waals surface area contributed by atoms with Crippen LogP contribution in [-0.4, -0.2) is 77.4 Å². The highest BCUT2D eigenvalue weighted by molar-refractivity contribution is 6.34. The molecule has 1 aliphatic rings. The number of hydrogen-bond donors (Lipinski definition) is 3. The zero-order valence-corrected chi connectivity index (χ0v) is 22.7. The third kappa shape index (κ3) is 7.45. The summed E-state index contributed by atoms with van der Waals surface area (Å²) < 4.78 is 40.3. The normalized spacial score (nSPS) is 17.8. The molecule has 1 fully saturated rings. The molecule has 2 amide bonds. The average molecular weight is 564 g/mol. The molecular weight excluding hydrogens is 532 g/mol. The second-order valence-electron chi connectivity index (χ2n) is 10.1. The number of carbonyl (C=O) groups is 1. The molecule has 1 aromatic heterocycles. The van der Waals surface area contributed by atoms with Crippen LogP contribution in [-0.2, 0) is 4.74 Å². The summed E-state index contributed by atoms with van der Waals surface area (Å²) in [7, 11) is 1.60. The van der Waals surface area contributed by atoms with Crippen molar-refractivity contribution in [1.29, 1.82) is 0 Å². The number of nitrogens with zero attached hydrogens (tertiary/aromatic N) is 3. The number of methoxy groups -OCH3 is 1. The van der Waals surface area contributed by atoms with Crippen LogP contribution in [0.4, 0.5) is 19.4 Å². The highest BCUT2D eigenvalue weighted by Gasteiger charge is 2.35. The molecule has 3 aromatic rings. The van der Waals surface area contributed by atoms with E-state index in [1.807, 2.05) is 18.2 Å². The lowest BCUT2D eigenvalue weighted by atomic mass is 9.94. The number of nitrogens with one attached hydrogen (secondary N) is 2. The maximum atomic E-state index is 14.0. The number of likely N-dealkylation sites (tertiary alicyclic amines) is 1. The lowest BCUT2D eigenvalue weighted by Crippen LogP contribution is -2.42. The number of halogens is 3. The fourth-order valence-corrected chi connectivity index (χ4v) is 4.67. The number of benzene rings is 2. The van der Waals surface area contributed by atoms with Crippen molar-refractivity contribution in [2.45, 2.75) is 31.4 Å². The van der Waals surface area contributed by atoms with Gasteiger partial charge in [-0.2, -0.15) is 0 Å². The minimum Gasteiger partial charge on any atom is -0.472 e. The molecule has 3 N–H and O–H groups in total. The van der Waals surface area contributed by atoms with Crippen molar-refractivity contribution < 1.29 is 28.2 Å². The Kier molecular flexibility index (Phi) is 9.06. The van der Waals surface area contributed by atoms with Crippen molar-refractivity contribution >= 4 is 23.4 Å². The summed E-state index contributed by atoms with van der Waals surface area (Å²) in [6, 6.07) is 11.4. The molecule has 2 aromatic carbocycles. The number of amides is 2. The summed E-state index contributed by atoms with van der Waals surface area (Å²) in [4.78, 5) is 15.3. The van der Waals surface area contributed by atoms with E-state index >= 15 is 0 Å². The van der Waals surface area contributed by atoms with Crippen LogP contribution in [0.15, 0.2) is 48.5 Å². The number of rotatable bonds is 10. The molecule has 12 heteroatoms. The maximum Gasteiger partial charge on any atom is 0.320 e. The van der Waals surface area contributed by atoms with Gasteiger partial charge in [-0.1, -0.05) is 29.8 Å². The van der Waals surface area contributed by atoms with E-state index in [2.05, 4.69) is 20.6 Å². The number of aromatic nitrogens is 2. The summed E-state index contributed by atoms with van der Waals surface area (Å²) in [6.07, 6.45) is 0. The second-order valence-corrected chi connectivity index (χ2v) is 10.5. The quantitative estimate of drug-likeness (QED) is 0.342. The predicted octanol–water partition coefficient (Wildman–Crippen LogP) is 4.19. The van der Waals surface area contributed by atoms with Gasteiger partial charge in [0.25, 0.3) is 5.88 Å². The Morgan fingerprint density at radius 1 is 1.18 bits per heavy atom. The highest BCUT2D eigenvalue weighted by atomic mass is 35.5. The standard InChI is InChI=1S/C27H32ClF2N5O4/c1-27(2,37)16-39-25-23(28)24(35(33-25)20-7-5-4-6-8-20)32-26(36)31-22-15-34(9-10-38-3)14-21(22)17-11-18(29)13-19(30)12-17/h4-8,11-13,21-22,37H,9-10,14-16H2,1-3H3,(H2,31,32,36)/t21-,22+/m0/s1. The van der Waals surface area contributed by atoms with Gasteiger partial charge in [0, 0.05) is 38.7 Å². The van der Waals surface area contributed by atoms with Crippen molar-refractivity contribution in [2.24, 2.45) is 0 Å². The molecule has 0 saturated carbocycles. The molecule has 39 heavy (non-hydrogen) atoms. The summed E-state index contributed by atoms with van der Waals surface area (Å²) in [6.45, 7) is 5.09. The van der Waals surface area contributed by atoms with Gasteiger partial charge >= 0.3 is 6.03 Å². The first-order chi connectivity index (χ1) is 18.5. The van der Waals surface area contributed by atoms with Gasteiger partial charge in [-0.3, -0.25) is 10.2 Å². The lowest BCUT2D eigenvalue weighted by molar-refractivity contribution is 0.0267. The number of aliphatic hydroxyl groups is 1. The van der Waals surface area contributed by atoms with E-state index in [9.17, 15) is 18.7 Å². The Morgan fingerprint density at radius 3 is 2.51 bits per heavy atom. The maximum absolute atomic E-state index is 14.0. The number of para-hydroxylation sites is 1. The third-order valence-electron chi connectivity index (χ3n) is 6.23. The number of ether oxygens (including phenoxy) is 2. The van der Waals surface area contributed by atoms with Crippen LogP contribution in [0, 0.1) is 11.6 Å². The summed E-state index contributed by atoms with van der Waals surface area (Å²) in [5, 5.41) is 20.2. The van der Waals surface area contributed by atoms with Crippen LogP contribution in [0.2, 0.25) is 5.02 Å². The van der Waals surface area contributed by atoms with Gasteiger partial charge in [0.15, 0.2) is 5.82 Å². The van der Waals surface area contributed by atoms with E-state index in [4.69, 9.17) is 21.1 Å². The molecule has 0 aliphatic carbocycles. The van der Waals surface area contributed by atoms with E-state index < -0.39 is 29.3 Å². The van der Waals surface area contributed by atoms with Crippen molar-refractivity contribution in [2.75, 3.05) is 45.3 Å². The van der Waals surface area contributed by atoms with Gasteiger partial charge in [-0.05, 0) is 43.7 Å². The molecule has 0 spiro atoms. The van der Waals surface area contributed by atoms with E-state index in [1.54, 1.807) is 33.1 Å². The molecule has 0 radical (unpaired) electrons. The minimum atomic E-state index is -1.13. The van der Waals surface area contributed by atoms with Gasteiger partial charge in [-0.25, -0.2) is 18.3 Å². The Labute approximate surface area is 230 Å². The minimum absolute atomic E-state index is 0.0395. The molecule has 2 atom stereocenters. The summed E-state index contributed by atoms with van der Waals surface area (Å²) >= 11 is 6.57. The predicted molar refractivity (Wildman–Crippen MR) is 144 cm³/mol. The van der Waals surface area contributed by atoms with Crippen LogP contribution in [0.1, 0.15) is 25.3 Å². The number of anilines is 1. The zero-order chi connectivity index (χ0) is 28.2. The van der Waals surface area contributed by atoms with Crippen molar-refractivity contribution in [3.05, 3.63) is 70.8 Å².